The van der Waals surface area contributed by atoms with Crippen LogP contribution < -0.4 is 4.74 Å². The van der Waals surface area contributed by atoms with Crippen LogP contribution in [-0.2, 0) is 26.2 Å². The highest BCUT2D eigenvalue weighted by Crippen LogP contribution is 2.40. The summed E-state index contributed by atoms with van der Waals surface area (Å²) in [4.78, 5) is 0. The molecular formula is C16H26O5. The molecule has 5 heteroatoms. The van der Waals surface area contributed by atoms with Gasteiger partial charge in [-0.3, -0.25) is 0 Å². The molecule has 0 saturated heterocycles. The predicted octanol–water partition coefficient (Wildman–Crippen LogP) is 2.75. The van der Waals surface area contributed by atoms with Crippen LogP contribution >= 0.6 is 0 Å². The van der Waals surface area contributed by atoms with Gasteiger partial charge < -0.3 is 24.1 Å². The van der Waals surface area contributed by atoms with Crippen LogP contribution in [0.3, 0.4) is 0 Å². The Morgan fingerprint density at radius 3 is 2.14 bits per heavy atom. The number of methoxy groups -OCH3 is 3. The predicted molar refractivity (Wildman–Crippen MR) is 80.3 cm³/mol. The fourth-order valence-electron chi connectivity index (χ4n) is 2.23. The first-order chi connectivity index (χ1) is 9.90. The molecule has 0 aliphatic carbocycles. The van der Waals surface area contributed by atoms with Gasteiger partial charge in [-0.25, -0.2) is 0 Å². The van der Waals surface area contributed by atoms with E-state index in [4.69, 9.17) is 18.9 Å². The van der Waals surface area contributed by atoms with E-state index >= 15 is 0 Å². The minimum atomic E-state index is -0.610. The number of aliphatic hydroxyl groups excluding tert-OH is 1. The molecule has 1 rings (SSSR count). The molecule has 1 N–H and O–H groups in total. The number of hydrogen-bond acceptors (Lipinski definition) is 5. The largest absolute Gasteiger partial charge is 0.467 e. The Balaban J connectivity index is 3.52. The quantitative estimate of drug-likeness (QED) is 0.784. The molecule has 0 amide bonds. The van der Waals surface area contributed by atoms with Crippen molar-refractivity contribution in [2.75, 3.05) is 28.1 Å². The maximum Gasteiger partial charge on any atom is 0.188 e. The van der Waals surface area contributed by atoms with Crippen molar-refractivity contribution in [2.24, 2.45) is 0 Å². The van der Waals surface area contributed by atoms with E-state index in [0.717, 1.165) is 5.56 Å². The van der Waals surface area contributed by atoms with Gasteiger partial charge in [0, 0.05) is 26.9 Å². The zero-order valence-electron chi connectivity index (χ0n) is 13.7. The number of benzene rings is 1. The Kier molecular flexibility index (Phi) is 6.61. The molecule has 0 bridgehead atoms. The Morgan fingerprint density at radius 2 is 1.71 bits per heavy atom. The smallest absolute Gasteiger partial charge is 0.188 e. The molecule has 0 saturated carbocycles. The summed E-state index contributed by atoms with van der Waals surface area (Å²) < 4.78 is 21.5. The van der Waals surface area contributed by atoms with Crippen LogP contribution in [0.25, 0.3) is 0 Å². The second-order valence-electron chi connectivity index (χ2n) is 5.78. The first-order valence-electron chi connectivity index (χ1n) is 6.85. The summed E-state index contributed by atoms with van der Waals surface area (Å²) in [6.07, 6.45) is -0.610. The van der Waals surface area contributed by atoms with E-state index in [1.807, 2.05) is 12.1 Å². The molecule has 0 spiro atoms. The lowest BCUT2D eigenvalue weighted by molar-refractivity contribution is -0.108. The standard InChI is InChI=1S/C16H26O5/c1-16(2,3)12-8-7-11(9-17)13(15(19-5)20-6)14(12)21-10-18-4/h7-8,15,17H,9-10H2,1-6H3. The molecule has 1 aromatic rings. The average Bonchev–Trinajstić information content (AvgIpc) is 2.45. The van der Waals surface area contributed by atoms with Crippen LogP contribution in [0.4, 0.5) is 0 Å². The normalized spacial score (nSPS) is 12.0. The third kappa shape index (κ3) is 4.17. The van der Waals surface area contributed by atoms with Gasteiger partial charge in [-0.1, -0.05) is 32.9 Å². The maximum atomic E-state index is 9.60. The molecule has 0 aliphatic rings. The summed E-state index contributed by atoms with van der Waals surface area (Å²) in [5.74, 6) is 0.643. The topological polar surface area (TPSA) is 57.2 Å². The summed E-state index contributed by atoms with van der Waals surface area (Å²) in [6, 6.07) is 3.84. The molecule has 21 heavy (non-hydrogen) atoms. The second-order valence-corrected chi connectivity index (χ2v) is 5.78. The molecule has 0 aromatic heterocycles. The lowest BCUT2D eigenvalue weighted by Crippen LogP contribution is -2.19. The minimum Gasteiger partial charge on any atom is -0.467 e. The van der Waals surface area contributed by atoms with Gasteiger partial charge in [0.15, 0.2) is 13.1 Å². The number of rotatable bonds is 7. The third-order valence-electron chi connectivity index (χ3n) is 3.25. The molecule has 0 unspecified atom stereocenters. The first kappa shape index (κ1) is 17.9. The van der Waals surface area contributed by atoms with E-state index in [-0.39, 0.29) is 18.8 Å². The summed E-state index contributed by atoms with van der Waals surface area (Å²) in [6.45, 7) is 6.29. The van der Waals surface area contributed by atoms with Crippen LogP contribution in [0.5, 0.6) is 5.75 Å². The molecule has 0 atom stereocenters. The van der Waals surface area contributed by atoms with Crippen LogP contribution in [-0.4, -0.2) is 33.2 Å². The van der Waals surface area contributed by atoms with Crippen molar-refractivity contribution in [2.45, 2.75) is 39.1 Å². The SMILES string of the molecule is COCOc1c(C(C)(C)C)ccc(CO)c1C(OC)OC. The van der Waals surface area contributed by atoms with Gasteiger partial charge >= 0.3 is 0 Å². The molecule has 120 valence electrons. The Hall–Kier alpha value is -1.14. The molecule has 0 radical (unpaired) electrons. The van der Waals surface area contributed by atoms with E-state index in [2.05, 4.69) is 20.8 Å². The number of aliphatic hydroxyl groups is 1. The Morgan fingerprint density at radius 1 is 1.10 bits per heavy atom. The van der Waals surface area contributed by atoms with E-state index in [1.54, 1.807) is 21.3 Å². The summed E-state index contributed by atoms with van der Waals surface area (Å²) in [5.41, 5.74) is 2.29. The second kappa shape index (κ2) is 7.75. The first-order valence-corrected chi connectivity index (χ1v) is 6.85. The van der Waals surface area contributed by atoms with Crippen LogP contribution in [0, 0.1) is 0 Å². The van der Waals surface area contributed by atoms with Crippen molar-refractivity contribution >= 4 is 0 Å². The Labute approximate surface area is 126 Å². The third-order valence-corrected chi connectivity index (χ3v) is 3.25. The zero-order valence-corrected chi connectivity index (χ0v) is 13.7. The summed E-state index contributed by atoms with van der Waals surface area (Å²) in [5, 5.41) is 9.60. The monoisotopic (exact) mass is 298 g/mol. The van der Waals surface area contributed by atoms with Gasteiger partial charge in [-0.15, -0.1) is 0 Å². The fourth-order valence-corrected chi connectivity index (χ4v) is 2.23. The highest BCUT2D eigenvalue weighted by atomic mass is 16.7. The van der Waals surface area contributed by atoms with Crippen molar-refractivity contribution in [3.63, 3.8) is 0 Å². The average molecular weight is 298 g/mol. The van der Waals surface area contributed by atoms with Crippen molar-refractivity contribution < 1.29 is 24.1 Å². The van der Waals surface area contributed by atoms with Crippen LogP contribution in [0.15, 0.2) is 12.1 Å². The zero-order chi connectivity index (χ0) is 16.0. The molecule has 0 heterocycles. The van der Waals surface area contributed by atoms with E-state index < -0.39 is 6.29 Å². The van der Waals surface area contributed by atoms with Gasteiger partial charge in [0.2, 0.25) is 0 Å². The maximum absolute atomic E-state index is 9.60. The van der Waals surface area contributed by atoms with E-state index in [0.29, 0.717) is 16.9 Å². The van der Waals surface area contributed by atoms with Crippen LogP contribution in [0.1, 0.15) is 43.8 Å². The van der Waals surface area contributed by atoms with Crippen molar-refractivity contribution in [3.8, 4) is 5.75 Å². The van der Waals surface area contributed by atoms with Gasteiger partial charge in [-0.2, -0.15) is 0 Å². The Bertz CT molecular complexity index is 447. The molecular weight excluding hydrogens is 272 g/mol. The van der Waals surface area contributed by atoms with Gasteiger partial charge in [0.1, 0.15) is 5.75 Å². The molecule has 0 aliphatic heterocycles. The minimum absolute atomic E-state index is 0.116. The molecule has 0 fully saturated rings. The molecule has 5 nitrogen and oxygen atoms in total. The highest BCUT2D eigenvalue weighted by Gasteiger charge is 2.27. The highest BCUT2D eigenvalue weighted by molar-refractivity contribution is 5.50. The van der Waals surface area contributed by atoms with Gasteiger partial charge in [0.25, 0.3) is 0 Å². The lowest BCUT2D eigenvalue weighted by atomic mass is 9.84. The molecule has 1 aromatic carbocycles. The number of ether oxygens (including phenoxy) is 4. The summed E-state index contributed by atoms with van der Waals surface area (Å²) >= 11 is 0. The van der Waals surface area contributed by atoms with Gasteiger partial charge in [-0.05, 0) is 11.0 Å². The fraction of sp³-hybridized carbons (Fsp3) is 0.625. The van der Waals surface area contributed by atoms with Crippen LogP contribution in [0.2, 0.25) is 0 Å². The van der Waals surface area contributed by atoms with Crippen molar-refractivity contribution in [3.05, 3.63) is 28.8 Å². The van der Waals surface area contributed by atoms with Crippen molar-refractivity contribution in [1.29, 1.82) is 0 Å². The van der Waals surface area contributed by atoms with Gasteiger partial charge in [0.05, 0.1) is 12.2 Å². The lowest BCUT2D eigenvalue weighted by Gasteiger charge is -2.28. The van der Waals surface area contributed by atoms with Crippen molar-refractivity contribution in [1.82, 2.24) is 0 Å². The number of hydrogen-bond donors (Lipinski definition) is 1. The summed E-state index contributed by atoms with van der Waals surface area (Å²) in [7, 11) is 4.68. The van der Waals surface area contributed by atoms with E-state index in [1.165, 1.54) is 0 Å². The van der Waals surface area contributed by atoms with E-state index in [9.17, 15) is 5.11 Å².